The van der Waals surface area contributed by atoms with Crippen LogP contribution in [-0.4, -0.2) is 16.0 Å². The van der Waals surface area contributed by atoms with Crippen molar-refractivity contribution in [1.29, 1.82) is 0 Å². The topological polar surface area (TPSA) is 57.5 Å². The van der Waals surface area contributed by atoms with E-state index >= 15 is 0 Å². The van der Waals surface area contributed by atoms with Crippen molar-refractivity contribution in [1.82, 2.24) is 0 Å². The van der Waals surface area contributed by atoms with E-state index < -0.39 is 0 Å². The molecule has 4 atom stereocenters. The predicted molar refractivity (Wildman–Crippen MR) is 160 cm³/mol. The van der Waals surface area contributed by atoms with Crippen LogP contribution in [0.1, 0.15) is 81.4 Å². The minimum Gasteiger partial charge on any atom is -0.508 e. The maximum absolute atomic E-state index is 13.6. The number of aromatic hydroxyl groups is 2. The molecule has 1 saturated carbocycles. The maximum atomic E-state index is 13.6. The highest BCUT2D eigenvalue weighted by Crippen LogP contribution is 2.40. The van der Waals surface area contributed by atoms with Crippen LogP contribution in [0.15, 0.2) is 78.9 Å². The number of benzene rings is 3. The molecule has 0 amide bonds. The zero-order valence-electron chi connectivity index (χ0n) is 23.6. The number of hydrogen-bond acceptors (Lipinski definition) is 3. The van der Waals surface area contributed by atoms with Crippen molar-refractivity contribution < 1.29 is 15.0 Å². The quantitative estimate of drug-likeness (QED) is 0.221. The van der Waals surface area contributed by atoms with E-state index in [-0.39, 0.29) is 17.4 Å². The summed E-state index contributed by atoms with van der Waals surface area (Å²) in [6, 6.07) is 26.2. The first-order valence-corrected chi connectivity index (χ1v) is 15.1. The summed E-state index contributed by atoms with van der Waals surface area (Å²) in [6.07, 6.45) is 12.7. The molecule has 208 valence electrons. The monoisotopic (exact) mass is 526 g/mol. The molecule has 3 aromatic carbocycles. The van der Waals surface area contributed by atoms with Gasteiger partial charge in [0.15, 0.2) is 0 Å². The molecule has 2 N–H and O–H groups in total. The highest BCUT2D eigenvalue weighted by atomic mass is 16.3. The van der Waals surface area contributed by atoms with E-state index in [2.05, 4.69) is 61.5 Å². The standard InChI is InChI=1S/C36H46O3/c1-2-10-27(15-9-16-28-11-5-3-6-12-28)17-20-32-23-30(18-19-31-21-22-33(37)26-35(31)38)25-36(39)34(32)24-29-13-7-4-8-14-29/h3-8,11-14,21-22,26-27,30,32,34,37-38H,2,9-10,15-20,23-25H2,1H3. The fourth-order valence-electron chi connectivity index (χ4n) is 6.72. The Kier molecular flexibility index (Phi) is 11.1. The van der Waals surface area contributed by atoms with Crippen LogP contribution in [0, 0.1) is 23.7 Å². The third-order valence-corrected chi connectivity index (χ3v) is 8.86. The summed E-state index contributed by atoms with van der Waals surface area (Å²) < 4.78 is 0. The number of aryl methyl sites for hydroxylation is 2. The summed E-state index contributed by atoms with van der Waals surface area (Å²) in [5.41, 5.74) is 3.54. The van der Waals surface area contributed by atoms with Crippen molar-refractivity contribution in [3.8, 4) is 11.5 Å². The van der Waals surface area contributed by atoms with E-state index in [0.717, 1.165) is 50.0 Å². The third kappa shape index (κ3) is 8.98. The van der Waals surface area contributed by atoms with Crippen LogP contribution in [0.4, 0.5) is 0 Å². The second-order valence-corrected chi connectivity index (χ2v) is 11.8. The Labute approximate surface area is 235 Å². The molecule has 0 aromatic heterocycles. The van der Waals surface area contributed by atoms with Gasteiger partial charge in [0, 0.05) is 18.4 Å². The molecule has 0 heterocycles. The predicted octanol–water partition coefficient (Wildman–Crippen LogP) is 8.70. The molecular weight excluding hydrogens is 480 g/mol. The van der Waals surface area contributed by atoms with E-state index in [9.17, 15) is 15.0 Å². The lowest BCUT2D eigenvalue weighted by atomic mass is 9.67. The molecule has 4 unspecified atom stereocenters. The molecule has 1 aliphatic carbocycles. The molecule has 0 radical (unpaired) electrons. The molecule has 0 aliphatic heterocycles. The first kappa shape index (κ1) is 28.9. The molecule has 0 saturated heterocycles. The molecule has 39 heavy (non-hydrogen) atoms. The minimum absolute atomic E-state index is 0.0818. The van der Waals surface area contributed by atoms with Gasteiger partial charge < -0.3 is 10.2 Å². The lowest BCUT2D eigenvalue weighted by Gasteiger charge is -2.36. The normalized spacial score (nSPS) is 20.1. The molecule has 4 rings (SSSR count). The van der Waals surface area contributed by atoms with Gasteiger partial charge in [-0.3, -0.25) is 4.79 Å². The summed E-state index contributed by atoms with van der Waals surface area (Å²) in [4.78, 5) is 13.6. The Morgan fingerprint density at radius 2 is 1.54 bits per heavy atom. The van der Waals surface area contributed by atoms with Gasteiger partial charge in [-0.15, -0.1) is 0 Å². The van der Waals surface area contributed by atoms with Gasteiger partial charge in [0.05, 0.1) is 0 Å². The van der Waals surface area contributed by atoms with E-state index in [1.54, 1.807) is 12.1 Å². The van der Waals surface area contributed by atoms with Crippen LogP contribution in [0.3, 0.4) is 0 Å². The zero-order chi connectivity index (χ0) is 27.5. The largest absolute Gasteiger partial charge is 0.508 e. The molecule has 3 heteroatoms. The van der Waals surface area contributed by atoms with Gasteiger partial charge in [0.2, 0.25) is 0 Å². The Morgan fingerprint density at radius 3 is 2.23 bits per heavy atom. The number of hydrogen-bond donors (Lipinski definition) is 2. The average molecular weight is 527 g/mol. The number of Topliss-reactive ketones (excluding diaryl/α,β-unsaturated/α-hetero) is 1. The fourth-order valence-corrected chi connectivity index (χ4v) is 6.72. The maximum Gasteiger partial charge on any atom is 0.136 e. The number of rotatable bonds is 14. The summed E-state index contributed by atoms with van der Waals surface area (Å²) >= 11 is 0. The molecule has 0 spiro atoms. The second kappa shape index (κ2) is 14.9. The second-order valence-electron chi connectivity index (χ2n) is 11.8. The lowest BCUT2D eigenvalue weighted by molar-refractivity contribution is -0.128. The number of phenols is 2. The highest BCUT2D eigenvalue weighted by Gasteiger charge is 2.36. The van der Waals surface area contributed by atoms with Gasteiger partial charge in [0.1, 0.15) is 17.3 Å². The lowest BCUT2D eigenvalue weighted by Crippen LogP contribution is -2.35. The minimum atomic E-state index is 0.0818. The van der Waals surface area contributed by atoms with Gasteiger partial charge >= 0.3 is 0 Å². The van der Waals surface area contributed by atoms with E-state index in [0.29, 0.717) is 24.0 Å². The van der Waals surface area contributed by atoms with Crippen molar-refractivity contribution >= 4 is 5.78 Å². The summed E-state index contributed by atoms with van der Waals surface area (Å²) in [6.45, 7) is 2.29. The van der Waals surface area contributed by atoms with Crippen LogP contribution in [-0.2, 0) is 24.1 Å². The van der Waals surface area contributed by atoms with Gasteiger partial charge in [-0.1, -0.05) is 99.3 Å². The molecule has 3 aromatic rings. The molecule has 3 nitrogen and oxygen atoms in total. The van der Waals surface area contributed by atoms with Gasteiger partial charge in [-0.25, -0.2) is 0 Å². The first-order chi connectivity index (χ1) is 19.0. The van der Waals surface area contributed by atoms with Crippen LogP contribution in [0.25, 0.3) is 0 Å². The highest BCUT2D eigenvalue weighted by molar-refractivity contribution is 5.82. The van der Waals surface area contributed by atoms with E-state index in [4.69, 9.17) is 0 Å². The Bertz CT molecular complexity index is 1140. The molecule has 0 bridgehead atoms. The number of carbonyl (C=O) groups excluding carboxylic acids is 1. The summed E-state index contributed by atoms with van der Waals surface area (Å²) in [5, 5.41) is 19.9. The SMILES string of the molecule is CCCC(CCCc1ccccc1)CCC1CC(CCc2ccc(O)cc2O)CC(=O)C1Cc1ccccc1. The van der Waals surface area contributed by atoms with Crippen molar-refractivity contribution in [3.05, 3.63) is 95.6 Å². The number of ketones is 1. The van der Waals surface area contributed by atoms with Crippen LogP contribution in [0.5, 0.6) is 11.5 Å². The van der Waals surface area contributed by atoms with Gasteiger partial charge in [-0.05, 0) is 85.5 Å². The van der Waals surface area contributed by atoms with E-state index in [1.165, 1.54) is 49.3 Å². The fraction of sp³-hybridized carbons (Fsp3) is 0.472. The van der Waals surface area contributed by atoms with Gasteiger partial charge in [-0.2, -0.15) is 0 Å². The molecule has 1 aliphatic rings. The summed E-state index contributed by atoms with van der Waals surface area (Å²) in [7, 11) is 0. The van der Waals surface area contributed by atoms with Crippen molar-refractivity contribution in [2.75, 3.05) is 0 Å². The Hall–Kier alpha value is -3.07. The number of carbonyl (C=O) groups is 1. The van der Waals surface area contributed by atoms with Crippen molar-refractivity contribution in [2.24, 2.45) is 23.7 Å². The molecular formula is C36H46O3. The van der Waals surface area contributed by atoms with Crippen LogP contribution >= 0.6 is 0 Å². The molecule has 1 fully saturated rings. The zero-order valence-corrected chi connectivity index (χ0v) is 23.6. The van der Waals surface area contributed by atoms with E-state index in [1.807, 2.05) is 6.07 Å². The van der Waals surface area contributed by atoms with Crippen LogP contribution in [0.2, 0.25) is 0 Å². The average Bonchev–Trinajstić information content (AvgIpc) is 2.94. The van der Waals surface area contributed by atoms with Crippen molar-refractivity contribution in [3.63, 3.8) is 0 Å². The smallest absolute Gasteiger partial charge is 0.136 e. The number of phenolic OH excluding ortho intramolecular Hbond substituents is 2. The third-order valence-electron chi connectivity index (χ3n) is 8.86. The van der Waals surface area contributed by atoms with Gasteiger partial charge in [0.25, 0.3) is 0 Å². The van der Waals surface area contributed by atoms with Crippen molar-refractivity contribution in [2.45, 2.75) is 84.0 Å². The summed E-state index contributed by atoms with van der Waals surface area (Å²) in [5.74, 6) is 2.25. The van der Waals surface area contributed by atoms with Crippen LogP contribution < -0.4 is 0 Å². The Balaban J connectivity index is 1.39. The Morgan fingerprint density at radius 1 is 0.821 bits per heavy atom. The first-order valence-electron chi connectivity index (χ1n) is 15.1.